The summed E-state index contributed by atoms with van der Waals surface area (Å²) in [6.45, 7) is 8.90. The first-order chi connectivity index (χ1) is 10.6. The number of carbonyl (C=O) groups is 3. The van der Waals surface area contributed by atoms with Crippen molar-refractivity contribution in [1.29, 1.82) is 0 Å². The zero-order chi connectivity index (χ0) is 18.4. The summed E-state index contributed by atoms with van der Waals surface area (Å²) in [6.07, 6.45) is 3.16. The Balaban J connectivity index is 0. The van der Waals surface area contributed by atoms with Gasteiger partial charge >= 0.3 is 0 Å². The molecule has 0 aromatic rings. The van der Waals surface area contributed by atoms with Crippen LogP contribution in [0.5, 0.6) is 0 Å². The lowest BCUT2D eigenvalue weighted by Gasteiger charge is -2.15. The first-order valence-corrected chi connectivity index (χ1v) is 8.12. The molecule has 0 aromatic carbocycles. The Hall–Kier alpha value is -1.63. The van der Waals surface area contributed by atoms with Crippen LogP contribution in [0, 0.1) is 0 Å². The summed E-state index contributed by atoms with van der Waals surface area (Å²) in [7, 11) is 0. The third-order valence-corrected chi connectivity index (χ3v) is 3.06. The van der Waals surface area contributed by atoms with Crippen LogP contribution in [-0.2, 0) is 14.4 Å². The molecule has 0 rings (SSSR count). The average molecular weight is 331 g/mol. The largest absolute Gasteiger partial charge is 0.481 e. The van der Waals surface area contributed by atoms with Crippen molar-refractivity contribution in [3.8, 4) is 0 Å². The number of carboxylic acid groups (broad SMARTS) is 1. The van der Waals surface area contributed by atoms with Crippen LogP contribution in [0.25, 0.3) is 0 Å². The van der Waals surface area contributed by atoms with Gasteiger partial charge in [0.1, 0.15) is 0 Å². The molecule has 0 aliphatic rings. The second kappa shape index (κ2) is 14.0. The van der Waals surface area contributed by atoms with E-state index in [1.165, 1.54) is 0 Å². The van der Waals surface area contributed by atoms with Crippen molar-refractivity contribution in [3.05, 3.63) is 0 Å². The number of nitrogens with two attached hydrogens (primary N) is 1. The first-order valence-electron chi connectivity index (χ1n) is 8.12. The van der Waals surface area contributed by atoms with E-state index in [1.54, 1.807) is 0 Å². The summed E-state index contributed by atoms with van der Waals surface area (Å²) in [4.78, 5) is 32.1. The molecule has 136 valence electrons. The fourth-order valence-electron chi connectivity index (χ4n) is 1.57. The quantitative estimate of drug-likeness (QED) is 0.509. The standard InChI is InChI=1S/C14H29N3O2.C2H4O2/c1-5-11(3)16-14(19)9-7-12(4)17-13(18)8-6-10(2)15;1-2(3)4/h10-12H,5-9,15H2,1-4H3,(H,16,19)(H,17,18);1H3,(H,3,4). The molecule has 0 saturated carbocycles. The molecule has 5 N–H and O–H groups in total. The molecule has 2 amide bonds. The second-order valence-electron chi connectivity index (χ2n) is 5.92. The molecule has 3 unspecified atom stereocenters. The number of hydrogen-bond donors (Lipinski definition) is 4. The maximum Gasteiger partial charge on any atom is 0.300 e. The maximum atomic E-state index is 11.6. The highest BCUT2D eigenvalue weighted by atomic mass is 16.4. The molecule has 7 heteroatoms. The van der Waals surface area contributed by atoms with E-state index in [-0.39, 0.29) is 29.9 Å². The Morgan fingerprint density at radius 2 is 1.35 bits per heavy atom. The van der Waals surface area contributed by atoms with Crippen molar-refractivity contribution in [2.45, 2.75) is 84.8 Å². The van der Waals surface area contributed by atoms with Gasteiger partial charge in [0.05, 0.1) is 0 Å². The van der Waals surface area contributed by atoms with Gasteiger partial charge in [0, 0.05) is 37.9 Å². The second-order valence-corrected chi connectivity index (χ2v) is 5.92. The summed E-state index contributed by atoms with van der Waals surface area (Å²) < 4.78 is 0. The predicted octanol–water partition coefficient (Wildman–Crippen LogP) is 1.40. The van der Waals surface area contributed by atoms with Gasteiger partial charge in [-0.1, -0.05) is 6.92 Å². The SMILES string of the molecule is CC(=O)O.CCC(C)NC(=O)CCC(C)NC(=O)CCC(C)N. The molecule has 3 atom stereocenters. The minimum atomic E-state index is -0.833. The molecule has 0 radical (unpaired) electrons. The Morgan fingerprint density at radius 1 is 0.957 bits per heavy atom. The van der Waals surface area contributed by atoms with Gasteiger partial charge in [-0.25, -0.2) is 0 Å². The van der Waals surface area contributed by atoms with Crippen LogP contribution in [-0.4, -0.2) is 41.0 Å². The molecule has 0 fully saturated rings. The number of aliphatic carboxylic acids is 1. The molecular formula is C16H33N3O4. The van der Waals surface area contributed by atoms with Crippen molar-refractivity contribution in [2.75, 3.05) is 0 Å². The maximum absolute atomic E-state index is 11.6. The Bertz CT molecular complexity index is 355. The molecule has 0 saturated heterocycles. The average Bonchev–Trinajstić information content (AvgIpc) is 2.42. The van der Waals surface area contributed by atoms with E-state index in [0.29, 0.717) is 25.7 Å². The van der Waals surface area contributed by atoms with Crippen molar-refractivity contribution in [3.63, 3.8) is 0 Å². The highest BCUT2D eigenvalue weighted by Gasteiger charge is 2.11. The summed E-state index contributed by atoms with van der Waals surface area (Å²) in [6, 6.07) is 0.272. The van der Waals surface area contributed by atoms with E-state index in [9.17, 15) is 9.59 Å². The van der Waals surface area contributed by atoms with E-state index in [4.69, 9.17) is 15.6 Å². The van der Waals surface area contributed by atoms with Crippen LogP contribution >= 0.6 is 0 Å². The topological polar surface area (TPSA) is 122 Å². The summed E-state index contributed by atoms with van der Waals surface area (Å²) >= 11 is 0. The van der Waals surface area contributed by atoms with Gasteiger partial charge in [-0.05, 0) is 40.0 Å². The molecule has 0 heterocycles. The number of carbonyl (C=O) groups excluding carboxylic acids is 2. The van der Waals surface area contributed by atoms with Crippen LogP contribution in [0.1, 0.15) is 66.7 Å². The monoisotopic (exact) mass is 331 g/mol. The van der Waals surface area contributed by atoms with Crippen molar-refractivity contribution >= 4 is 17.8 Å². The van der Waals surface area contributed by atoms with Gasteiger partial charge in [0.25, 0.3) is 5.97 Å². The van der Waals surface area contributed by atoms with Gasteiger partial charge in [-0.3, -0.25) is 14.4 Å². The zero-order valence-electron chi connectivity index (χ0n) is 15.0. The lowest BCUT2D eigenvalue weighted by molar-refractivity contribution is -0.134. The normalized spacial score (nSPS) is 13.8. The van der Waals surface area contributed by atoms with Gasteiger partial charge in [0.2, 0.25) is 11.8 Å². The van der Waals surface area contributed by atoms with E-state index in [2.05, 4.69) is 10.6 Å². The number of amides is 2. The van der Waals surface area contributed by atoms with Gasteiger partial charge < -0.3 is 21.5 Å². The van der Waals surface area contributed by atoms with Gasteiger partial charge in [-0.2, -0.15) is 0 Å². The third-order valence-electron chi connectivity index (χ3n) is 3.06. The van der Waals surface area contributed by atoms with E-state index in [0.717, 1.165) is 13.3 Å². The highest BCUT2D eigenvalue weighted by Crippen LogP contribution is 2.00. The lowest BCUT2D eigenvalue weighted by atomic mass is 10.1. The fourth-order valence-corrected chi connectivity index (χ4v) is 1.57. The molecule has 0 aromatic heterocycles. The molecule has 7 nitrogen and oxygen atoms in total. The third kappa shape index (κ3) is 20.4. The predicted molar refractivity (Wildman–Crippen MR) is 90.9 cm³/mol. The lowest BCUT2D eigenvalue weighted by Crippen LogP contribution is -2.36. The minimum Gasteiger partial charge on any atom is -0.481 e. The first kappa shape index (κ1) is 23.6. The molecular weight excluding hydrogens is 298 g/mol. The Labute approximate surface area is 139 Å². The highest BCUT2D eigenvalue weighted by molar-refractivity contribution is 5.77. The number of rotatable bonds is 9. The fraction of sp³-hybridized carbons (Fsp3) is 0.812. The van der Waals surface area contributed by atoms with Crippen LogP contribution in [0.4, 0.5) is 0 Å². The van der Waals surface area contributed by atoms with Crippen molar-refractivity contribution in [1.82, 2.24) is 10.6 Å². The number of hydrogen-bond acceptors (Lipinski definition) is 4. The smallest absolute Gasteiger partial charge is 0.300 e. The molecule has 0 aliphatic carbocycles. The van der Waals surface area contributed by atoms with Crippen molar-refractivity contribution < 1.29 is 19.5 Å². The van der Waals surface area contributed by atoms with E-state index in [1.807, 2.05) is 27.7 Å². The summed E-state index contributed by atoms with van der Waals surface area (Å²) in [5.41, 5.74) is 5.60. The number of nitrogens with one attached hydrogen (secondary N) is 2. The van der Waals surface area contributed by atoms with E-state index >= 15 is 0 Å². The van der Waals surface area contributed by atoms with Crippen LogP contribution in [0.3, 0.4) is 0 Å². The molecule has 23 heavy (non-hydrogen) atoms. The van der Waals surface area contributed by atoms with Gasteiger partial charge in [-0.15, -0.1) is 0 Å². The molecule has 0 spiro atoms. The Morgan fingerprint density at radius 3 is 1.74 bits per heavy atom. The van der Waals surface area contributed by atoms with Gasteiger partial charge in [0.15, 0.2) is 0 Å². The van der Waals surface area contributed by atoms with Crippen LogP contribution in [0.2, 0.25) is 0 Å². The van der Waals surface area contributed by atoms with Crippen molar-refractivity contribution in [2.24, 2.45) is 5.73 Å². The summed E-state index contributed by atoms with van der Waals surface area (Å²) in [5, 5.41) is 13.2. The Kier molecular flexibility index (Phi) is 14.4. The number of carboxylic acids is 1. The van der Waals surface area contributed by atoms with Crippen LogP contribution < -0.4 is 16.4 Å². The van der Waals surface area contributed by atoms with Crippen LogP contribution in [0.15, 0.2) is 0 Å². The molecule has 0 aliphatic heterocycles. The van der Waals surface area contributed by atoms with E-state index < -0.39 is 5.97 Å². The zero-order valence-corrected chi connectivity index (χ0v) is 15.0. The summed E-state index contributed by atoms with van der Waals surface area (Å²) in [5.74, 6) is -0.779. The molecule has 0 bridgehead atoms. The minimum absolute atomic E-state index is 0.00661.